The topological polar surface area (TPSA) is 84.1 Å². The molecule has 2 N–H and O–H groups in total. The maximum absolute atomic E-state index is 12.5. The normalized spacial score (nSPS) is 11.3. The maximum atomic E-state index is 12.5. The minimum atomic E-state index is -0.452. The Morgan fingerprint density at radius 3 is 2.84 bits per heavy atom. The number of rotatable bonds is 7. The number of furan rings is 1. The lowest BCUT2D eigenvalue weighted by Crippen LogP contribution is -2.16. The number of hydrogen-bond acceptors (Lipinski definition) is 5. The van der Waals surface area contributed by atoms with Gasteiger partial charge in [-0.3, -0.25) is 4.79 Å². The summed E-state index contributed by atoms with van der Waals surface area (Å²) in [7, 11) is 0. The smallest absolute Gasteiger partial charge is 0.307 e. The average Bonchev–Trinajstić information content (AvgIpc) is 3.22. The Kier molecular flexibility index (Phi) is 5.71. The summed E-state index contributed by atoms with van der Waals surface area (Å²) in [5, 5.41) is 17.3. The van der Waals surface area contributed by atoms with E-state index in [0.29, 0.717) is 35.5 Å². The van der Waals surface area contributed by atoms with Crippen LogP contribution in [0.5, 0.6) is 11.5 Å². The Morgan fingerprint density at radius 2 is 2.03 bits per heavy atom. The Hall–Kier alpha value is -4.06. The van der Waals surface area contributed by atoms with E-state index in [9.17, 15) is 9.90 Å². The van der Waals surface area contributed by atoms with Crippen LogP contribution in [0.15, 0.2) is 76.8 Å². The van der Waals surface area contributed by atoms with Crippen molar-refractivity contribution in [2.75, 3.05) is 6.61 Å². The standard InChI is InChI=1S/C25H22N2O4/c1-3-7-18-12-16(13-22(24(18)28)30-4-2)15-26-27-25(29)23-14-20-19-9-6-5-8-17(19)10-11-21(20)31-23/h3,5-6,8-15,28H,1,4,7H2,2H3,(H,27,29)/b26-15-. The number of phenolic OH excluding ortho intramolecular Hbond substituents is 1. The lowest BCUT2D eigenvalue weighted by Gasteiger charge is -2.10. The van der Waals surface area contributed by atoms with Gasteiger partial charge in [0.2, 0.25) is 0 Å². The van der Waals surface area contributed by atoms with Crippen molar-refractivity contribution in [1.82, 2.24) is 5.43 Å². The van der Waals surface area contributed by atoms with Gasteiger partial charge in [-0.2, -0.15) is 5.10 Å². The van der Waals surface area contributed by atoms with Crippen LogP contribution in [0.4, 0.5) is 0 Å². The molecule has 4 rings (SSSR count). The highest BCUT2D eigenvalue weighted by molar-refractivity contribution is 6.08. The fraction of sp³-hybridized carbons (Fsp3) is 0.120. The molecule has 6 nitrogen and oxygen atoms in total. The summed E-state index contributed by atoms with van der Waals surface area (Å²) < 4.78 is 11.2. The lowest BCUT2D eigenvalue weighted by molar-refractivity contribution is 0.0929. The first-order valence-electron chi connectivity index (χ1n) is 9.95. The number of phenols is 1. The van der Waals surface area contributed by atoms with Crippen molar-refractivity contribution in [3.63, 3.8) is 0 Å². The van der Waals surface area contributed by atoms with Gasteiger partial charge in [-0.25, -0.2) is 5.43 Å². The largest absolute Gasteiger partial charge is 0.504 e. The van der Waals surface area contributed by atoms with Crippen molar-refractivity contribution in [2.45, 2.75) is 13.3 Å². The summed E-state index contributed by atoms with van der Waals surface area (Å²) in [6, 6.07) is 16.9. The fourth-order valence-electron chi connectivity index (χ4n) is 3.47. The van der Waals surface area contributed by atoms with Crippen molar-refractivity contribution in [3.05, 3.63) is 84.1 Å². The number of fused-ring (bicyclic) bond motifs is 3. The summed E-state index contributed by atoms with van der Waals surface area (Å²) in [4.78, 5) is 12.5. The summed E-state index contributed by atoms with van der Waals surface area (Å²) >= 11 is 0. The van der Waals surface area contributed by atoms with E-state index in [4.69, 9.17) is 9.15 Å². The molecule has 1 aromatic heterocycles. The number of nitrogens with zero attached hydrogens (tertiary/aromatic N) is 1. The van der Waals surface area contributed by atoms with Crippen molar-refractivity contribution < 1.29 is 19.1 Å². The van der Waals surface area contributed by atoms with E-state index in [0.717, 1.165) is 16.2 Å². The number of benzene rings is 3. The number of allylic oxidation sites excluding steroid dienone is 1. The molecule has 0 aliphatic carbocycles. The van der Waals surface area contributed by atoms with Gasteiger partial charge in [0, 0.05) is 10.9 Å². The molecule has 0 bridgehead atoms. The van der Waals surface area contributed by atoms with E-state index in [1.807, 2.05) is 43.3 Å². The molecule has 0 aliphatic rings. The fourth-order valence-corrected chi connectivity index (χ4v) is 3.47. The van der Waals surface area contributed by atoms with Gasteiger partial charge in [0.05, 0.1) is 12.8 Å². The molecule has 0 spiro atoms. The summed E-state index contributed by atoms with van der Waals surface area (Å²) in [5.74, 6) is 0.166. The van der Waals surface area contributed by atoms with Gasteiger partial charge in [0.1, 0.15) is 5.58 Å². The molecule has 0 aliphatic heterocycles. The number of ether oxygens (including phenoxy) is 1. The van der Waals surface area contributed by atoms with Gasteiger partial charge in [-0.1, -0.05) is 36.4 Å². The number of hydrazone groups is 1. The molecule has 0 fully saturated rings. The second kappa shape index (κ2) is 8.75. The molecular formula is C25H22N2O4. The highest BCUT2D eigenvalue weighted by atomic mass is 16.5. The zero-order chi connectivity index (χ0) is 21.8. The van der Waals surface area contributed by atoms with Crippen LogP contribution in [0.25, 0.3) is 21.7 Å². The Labute approximate surface area is 179 Å². The van der Waals surface area contributed by atoms with Crippen LogP contribution >= 0.6 is 0 Å². The first-order chi connectivity index (χ1) is 15.1. The number of aromatic hydroxyl groups is 1. The van der Waals surface area contributed by atoms with Gasteiger partial charge >= 0.3 is 5.91 Å². The van der Waals surface area contributed by atoms with Crippen LogP contribution in [-0.2, 0) is 6.42 Å². The van der Waals surface area contributed by atoms with E-state index >= 15 is 0 Å². The predicted molar refractivity (Wildman–Crippen MR) is 122 cm³/mol. The molecule has 3 aromatic carbocycles. The molecule has 0 unspecified atom stereocenters. The molecular weight excluding hydrogens is 392 g/mol. The van der Waals surface area contributed by atoms with Crippen molar-refractivity contribution in [2.24, 2.45) is 5.10 Å². The number of carbonyl (C=O) groups is 1. The molecule has 0 saturated carbocycles. The third-order valence-electron chi connectivity index (χ3n) is 4.87. The molecule has 6 heteroatoms. The molecule has 31 heavy (non-hydrogen) atoms. The number of amides is 1. The average molecular weight is 414 g/mol. The van der Waals surface area contributed by atoms with Crippen LogP contribution in [-0.4, -0.2) is 23.8 Å². The molecule has 0 atom stereocenters. The number of hydrogen-bond donors (Lipinski definition) is 2. The minimum absolute atomic E-state index is 0.0810. The second-order valence-corrected chi connectivity index (χ2v) is 6.96. The highest BCUT2D eigenvalue weighted by Gasteiger charge is 2.14. The SMILES string of the molecule is C=CCc1cc(/C=N\NC(=O)c2cc3c(ccc4ccccc43)o2)cc(OCC)c1O. The van der Waals surface area contributed by atoms with Crippen LogP contribution in [0.1, 0.15) is 28.6 Å². The first kappa shape index (κ1) is 20.2. The number of carbonyl (C=O) groups excluding carboxylic acids is 1. The zero-order valence-electron chi connectivity index (χ0n) is 17.1. The summed E-state index contributed by atoms with van der Waals surface area (Å²) in [6.45, 7) is 5.96. The van der Waals surface area contributed by atoms with E-state index < -0.39 is 5.91 Å². The predicted octanol–water partition coefficient (Wildman–Crippen LogP) is 5.18. The quantitative estimate of drug-likeness (QED) is 0.248. The van der Waals surface area contributed by atoms with Gasteiger partial charge in [0.15, 0.2) is 17.3 Å². The van der Waals surface area contributed by atoms with Crippen LogP contribution in [0.2, 0.25) is 0 Å². The van der Waals surface area contributed by atoms with Crippen LogP contribution < -0.4 is 10.2 Å². The Morgan fingerprint density at radius 1 is 1.19 bits per heavy atom. The third-order valence-corrected chi connectivity index (χ3v) is 4.87. The number of nitrogens with one attached hydrogen (secondary N) is 1. The molecule has 156 valence electrons. The van der Waals surface area contributed by atoms with Crippen molar-refractivity contribution in [1.29, 1.82) is 0 Å². The molecule has 4 aromatic rings. The summed E-state index contributed by atoms with van der Waals surface area (Å²) in [5.41, 5.74) is 4.47. The monoisotopic (exact) mass is 414 g/mol. The van der Waals surface area contributed by atoms with Gasteiger partial charge in [0.25, 0.3) is 0 Å². The van der Waals surface area contributed by atoms with Gasteiger partial charge in [-0.05, 0) is 53.9 Å². The summed E-state index contributed by atoms with van der Waals surface area (Å²) in [6.07, 6.45) is 3.66. The molecule has 1 amide bonds. The minimum Gasteiger partial charge on any atom is -0.504 e. The van der Waals surface area contributed by atoms with Gasteiger partial charge in [-0.15, -0.1) is 6.58 Å². The first-order valence-corrected chi connectivity index (χ1v) is 9.95. The lowest BCUT2D eigenvalue weighted by atomic mass is 10.1. The van der Waals surface area contributed by atoms with Crippen LogP contribution in [0, 0.1) is 0 Å². The molecule has 1 heterocycles. The van der Waals surface area contributed by atoms with Crippen LogP contribution in [0.3, 0.4) is 0 Å². The highest BCUT2D eigenvalue weighted by Crippen LogP contribution is 2.32. The molecule has 0 saturated heterocycles. The van der Waals surface area contributed by atoms with E-state index in [-0.39, 0.29) is 11.5 Å². The van der Waals surface area contributed by atoms with Crippen molar-refractivity contribution >= 4 is 33.9 Å². The van der Waals surface area contributed by atoms with E-state index in [1.54, 1.807) is 24.3 Å². The Balaban J connectivity index is 1.56. The van der Waals surface area contributed by atoms with E-state index in [1.165, 1.54) is 6.21 Å². The maximum Gasteiger partial charge on any atom is 0.307 e. The zero-order valence-corrected chi connectivity index (χ0v) is 17.1. The second-order valence-electron chi connectivity index (χ2n) is 6.96. The van der Waals surface area contributed by atoms with E-state index in [2.05, 4.69) is 17.1 Å². The van der Waals surface area contributed by atoms with Crippen molar-refractivity contribution in [3.8, 4) is 11.5 Å². The van der Waals surface area contributed by atoms with Gasteiger partial charge < -0.3 is 14.3 Å². The third kappa shape index (κ3) is 4.14. The Bertz CT molecular complexity index is 1300. The molecule has 0 radical (unpaired) electrons.